The van der Waals surface area contributed by atoms with Crippen molar-refractivity contribution in [3.05, 3.63) is 71.1 Å². The lowest BCUT2D eigenvalue weighted by Crippen LogP contribution is -2.13. The fourth-order valence-electron chi connectivity index (χ4n) is 4.03. The molecule has 0 unspecified atom stereocenters. The molecule has 0 saturated heterocycles. The molecule has 4 aromatic rings. The van der Waals surface area contributed by atoms with Crippen LogP contribution in [0.1, 0.15) is 59.3 Å². The van der Waals surface area contributed by atoms with Gasteiger partial charge >= 0.3 is 0 Å². The molecule has 33 heavy (non-hydrogen) atoms. The molecule has 166 valence electrons. The van der Waals surface area contributed by atoms with Gasteiger partial charge in [-0.25, -0.2) is 4.68 Å². The first-order valence-electron chi connectivity index (χ1n) is 11.1. The summed E-state index contributed by atoms with van der Waals surface area (Å²) < 4.78 is 7.34. The molecule has 0 atom stereocenters. The Labute approximate surface area is 195 Å². The number of pyridine rings is 1. The Bertz CT molecular complexity index is 1320. The fraction of sp³-hybridized carbons (Fsp3) is 0.280. The lowest BCUT2D eigenvalue weighted by Gasteiger charge is -2.11. The third-order valence-corrected chi connectivity index (χ3v) is 7.09. The van der Waals surface area contributed by atoms with E-state index in [9.17, 15) is 4.79 Å². The van der Waals surface area contributed by atoms with Gasteiger partial charge in [0, 0.05) is 34.7 Å². The lowest BCUT2D eigenvalue weighted by atomic mass is 10.0. The Morgan fingerprint density at radius 3 is 2.61 bits per heavy atom. The fourth-order valence-corrected chi connectivity index (χ4v) is 4.84. The van der Waals surface area contributed by atoms with Crippen LogP contribution >= 0.6 is 11.3 Å². The molecule has 3 heterocycles. The largest absolute Gasteiger partial charge is 0.496 e. The molecule has 2 aliphatic rings. The highest BCUT2D eigenvalue weighted by Gasteiger charge is 2.28. The van der Waals surface area contributed by atoms with E-state index in [1.54, 1.807) is 7.11 Å². The monoisotopic (exact) mass is 457 g/mol. The van der Waals surface area contributed by atoms with E-state index in [1.165, 1.54) is 37.0 Å². The van der Waals surface area contributed by atoms with Gasteiger partial charge in [0.15, 0.2) is 0 Å². The highest BCUT2D eigenvalue weighted by atomic mass is 32.1. The number of hydrogen-bond acceptors (Lipinski definition) is 6. The van der Waals surface area contributed by atoms with Crippen LogP contribution < -0.4 is 10.1 Å². The third-order valence-electron chi connectivity index (χ3n) is 6.18. The second-order valence-corrected chi connectivity index (χ2v) is 9.52. The molecule has 3 aromatic heterocycles. The first-order valence-corrected chi connectivity index (χ1v) is 12.0. The topological polar surface area (TPSA) is 81.9 Å². The standard InChI is InChI=1S/C25H23N5O2S/c1-32-23-9-7-17(18-6-8-21(26-12-18)15-2-3-15)10-20(23)25(31)28-19-11-24(33-14-19)30-22(13-27-29-30)16-4-5-16/h6-16H,2-5H2,1H3,(H,28,31). The number of nitrogens with one attached hydrogen (secondary N) is 1. The summed E-state index contributed by atoms with van der Waals surface area (Å²) in [5, 5.41) is 14.2. The van der Waals surface area contributed by atoms with Crippen molar-refractivity contribution in [2.45, 2.75) is 37.5 Å². The van der Waals surface area contributed by atoms with E-state index in [4.69, 9.17) is 4.74 Å². The van der Waals surface area contributed by atoms with E-state index >= 15 is 0 Å². The molecule has 1 aromatic carbocycles. The van der Waals surface area contributed by atoms with E-state index in [0.29, 0.717) is 23.1 Å². The van der Waals surface area contributed by atoms with Crippen LogP contribution in [0.15, 0.2) is 54.2 Å². The molecular weight excluding hydrogens is 434 g/mol. The molecule has 1 amide bonds. The van der Waals surface area contributed by atoms with Gasteiger partial charge in [-0.2, -0.15) is 0 Å². The number of carbonyl (C=O) groups excluding carboxylic acids is 1. The van der Waals surface area contributed by atoms with E-state index in [1.807, 2.05) is 46.7 Å². The van der Waals surface area contributed by atoms with Crippen LogP contribution in [0.2, 0.25) is 0 Å². The average molecular weight is 458 g/mol. The van der Waals surface area contributed by atoms with Gasteiger partial charge in [-0.3, -0.25) is 9.78 Å². The molecule has 2 aliphatic carbocycles. The van der Waals surface area contributed by atoms with Crippen molar-refractivity contribution in [3.8, 4) is 21.9 Å². The predicted octanol–water partition coefficient (Wildman–Crippen LogP) is 5.41. The van der Waals surface area contributed by atoms with Crippen LogP contribution in [0.3, 0.4) is 0 Å². The van der Waals surface area contributed by atoms with Crippen LogP contribution in [0.25, 0.3) is 16.1 Å². The number of anilines is 1. The summed E-state index contributed by atoms with van der Waals surface area (Å²) in [4.78, 5) is 17.8. The molecule has 2 fully saturated rings. The van der Waals surface area contributed by atoms with E-state index in [0.717, 1.165) is 33.2 Å². The molecule has 7 nitrogen and oxygen atoms in total. The Morgan fingerprint density at radius 2 is 1.88 bits per heavy atom. The summed E-state index contributed by atoms with van der Waals surface area (Å²) in [5.74, 6) is 1.47. The number of nitrogens with zero attached hydrogens (tertiary/aromatic N) is 4. The first-order chi connectivity index (χ1) is 16.2. The Balaban J connectivity index is 1.24. The first kappa shape index (κ1) is 20.1. The summed E-state index contributed by atoms with van der Waals surface area (Å²) in [5.41, 5.74) is 5.39. The molecule has 8 heteroatoms. The quantitative estimate of drug-likeness (QED) is 0.401. The van der Waals surface area contributed by atoms with Crippen LogP contribution in [-0.2, 0) is 0 Å². The van der Waals surface area contributed by atoms with Crippen molar-refractivity contribution in [2.75, 3.05) is 12.4 Å². The zero-order valence-electron chi connectivity index (χ0n) is 18.2. The van der Waals surface area contributed by atoms with E-state index < -0.39 is 0 Å². The maximum atomic E-state index is 13.2. The van der Waals surface area contributed by atoms with E-state index in [-0.39, 0.29) is 5.91 Å². The minimum atomic E-state index is -0.221. The summed E-state index contributed by atoms with van der Waals surface area (Å²) in [6.45, 7) is 0. The van der Waals surface area contributed by atoms with Crippen molar-refractivity contribution in [3.63, 3.8) is 0 Å². The van der Waals surface area contributed by atoms with Crippen LogP contribution in [-0.4, -0.2) is 33.0 Å². The number of amides is 1. The number of thiophene rings is 1. The lowest BCUT2D eigenvalue weighted by molar-refractivity contribution is 0.102. The highest BCUT2D eigenvalue weighted by Crippen LogP contribution is 2.41. The number of benzene rings is 1. The Hall–Kier alpha value is -3.52. The smallest absolute Gasteiger partial charge is 0.259 e. The molecule has 1 N–H and O–H groups in total. The number of aromatic nitrogens is 4. The van der Waals surface area contributed by atoms with Crippen LogP contribution in [0.5, 0.6) is 5.75 Å². The molecule has 0 radical (unpaired) electrons. The van der Waals surface area contributed by atoms with Crippen LogP contribution in [0, 0.1) is 0 Å². The number of hydrogen-bond donors (Lipinski definition) is 1. The van der Waals surface area contributed by atoms with Crippen molar-refractivity contribution in [1.29, 1.82) is 0 Å². The zero-order valence-corrected chi connectivity index (χ0v) is 19.0. The number of carbonyl (C=O) groups is 1. The SMILES string of the molecule is COc1ccc(-c2ccc(C3CC3)nc2)cc1C(=O)Nc1csc(-n2nncc2C2CC2)c1. The van der Waals surface area contributed by atoms with Gasteiger partial charge < -0.3 is 10.1 Å². The van der Waals surface area contributed by atoms with Gasteiger partial charge in [-0.1, -0.05) is 17.3 Å². The second kappa shape index (κ2) is 8.12. The summed E-state index contributed by atoms with van der Waals surface area (Å²) in [6, 6.07) is 11.7. The average Bonchev–Trinajstić information content (AvgIpc) is 3.78. The van der Waals surface area contributed by atoms with Gasteiger partial charge in [-0.05, 0) is 55.5 Å². The Kier molecular flexibility index (Phi) is 4.95. The third kappa shape index (κ3) is 4.02. The number of methoxy groups -OCH3 is 1. The second-order valence-electron chi connectivity index (χ2n) is 8.63. The van der Waals surface area contributed by atoms with Gasteiger partial charge in [0.1, 0.15) is 10.8 Å². The van der Waals surface area contributed by atoms with Crippen molar-refractivity contribution in [2.24, 2.45) is 0 Å². The maximum Gasteiger partial charge on any atom is 0.259 e. The van der Waals surface area contributed by atoms with Gasteiger partial charge in [-0.15, -0.1) is 16.4 Å². The van der Waals surface area contributed by atoms with E-state index in [2.05, 4.69) is 32.7 Å². The van der Waals surface area contributed by atoms with Crippen molar-refractivity contribution >= 4 is 22.9 Å². The minimum Gasteiger partial charge on any atom is -0.496 e. The predicted molar refractivity (Wildman–Crippen MR) is 127 cm³/mol. The summed E-state index contributed by atoms with van der Waals surface area (Å²) in [6.07, 6.45) is 8.52. The highest BCUT2D eigenvalue weighted by molar-refractivity contribution is 7.13. The van der Waals surface area contributed by atoms with Crippen LogP contribution in [0.4, 0.5) is 5.69 Å². The van der Waals surface area contributed by atoms with Gasteiger partial charge in [0.2, 0.25) is 0 Å². The molecule has 0 bridgehead atoms. The normalized spacial score (nSPS) is 15.4. The molecule has 0 spiro atoms. The zero-order chi connectivity index (χ0) is 22.4. The minimum absolute atomic E-state index is 0.221. The molecular formula is C25H23N5O2S. The molecule has 6 rings (SSSR count). The van der Waals surface area contributed by atoms with Crippen molar-refractivity contribution < 1.29 is 9.53 Å². The molecule has 0 aliphatic heterocycles. The van der Waals surface area contributed by atoms with Crippen molar-refractivity contribution in [1.82, 2.24) is 20.0 Å². The van der Waals surface area contributed by atoms with Gasteiger partial charge in [0.25, 0.3) is 5.91 Å². The van der Waals surface area contributed by atoms with Gasteiger partial charge in [0.05, 0.1) is 30.3 Å². The maximum absolute atomic E-state index is 13.2. The summed E-state index contributed by atoms with van der Waals surface area (Å²) in [7, 11) is 1.57. The Morgan fingerprint density at radius 1 is 1.06 bits per heavy atom. The number of ether oxygens (including phenoxy) is 1. The number of rotatable bonds is 7. The molecule has 2 saturated carbocycles. The summed E-state index contributed by atoms with van der Waals surface area (Å²) >= 11 is 1.53.